The largest absolute Gasteiger partial charge is 0.484 e. The number of benzene rings is 3. The first-order valence-electron chi connectivity index (χ1n) is 12.3. The number of hydrogen-bond donors (Lipinski definition) is 3. The number of sulfonamides is 1. The molecule has 0 radical (unpaired) electrons. The number of rotatable bonds is 12. The van der Waals surface area contributed by atoms with E-state index in [-0.39, 0.29) is 29.7 Å². The van der Waals surface area contributed by atoms with Crippen LogP contribution in [0, 0.1) is 12.8 Å². The van der Waals surface area contributed by atoms with Crippen LogP contribution < -0.4 is 20.2 Å². The number of ether oxygens (including phenoxy) is 1. The van der Waals surface area contributed by atoms with Gasteiger partial charge in [0.15, 0.2) is 6.61 Å². The fourth-order valence-corrected chi connectivity index (χ4v) is 4.98. The maximum atomic E-state index is 12.8. The Kier molecular flexibility index (Phi) is 11.1. The summed E-state index contributed by atoms with van der Waals surface area (Å²) >= 11 is 11.8. The van der Waals surface area contributed by atoms with E-state index in [1.54, 1.807) is 54.6 Å². The van der Waals surface area contributed by atoms with Crippen molar-refractivity contribution < 1.29 is 22.7 Å². The Hall–Kier alpha value is -3.44. The van der Waals surface area contributed by atoms with E-state index in [1.165, 1.54) is 18.3 Å². The molecule has 3 aromatic rings. The van der Waals surface area contributed by atoms with Gasteiger partial charge in [-0.1, -0.05) is 54.7 Å². The Morgan fingerprint density at radius 1 is 0.975 bits per heavy atom. The Balaban J connectivity index is 1.53. The van der Waals surface area contributed by atoms with Gasteiger partial charge in [-0.3, -0.25) is 9.59 Å². The SMILES string of the molecule is Cc1ccc(S(=O)(=O)N[C@H](CC(C)C)C(=O)N/N=C\c2ccc(OCC(=O)Nc3ccc(Cl)c(Cl)c3)cc2)cc1. The molecule has 212 valence electrons. The van der Waals surface area contributed by atoms with Crippen molar-refractivity contribution in [1.82, 2.24) is 10.1 Å². The average Bonchev–Trinajstić information content (AvgIpc) is 2.90. The Labute approximate surface area is 244 Å². The van der Waals surface area contributed by atoms with Crippen molar-refractivity contribution in [2.45, 2.75) is 38.1 Å². The molecule has 0 heterocycles. The summed E-state index contributed by atoms with van der Waals surface area (Å²) in [5, 5.41) is 7.34. The molecule has 0 spiro atoms. The van der Waals surface area contributed by atoms with Crippen molar-refractivity contribution in [3.8, 4) is 5.75 Å². The Morgan fingerprint density at radius 3 is 2.27 bits per heavy atom. The van der Waals surface area contributed by atoms with Gasteiger partial charge in [0.05, 0.1) is 21.2 Å². The van der Waals surface area contributed by atoms with Gasteiger partial charge in [-0.15, -0.1) is 0 Å². The predicted octanol–water partition coefficient (Wildman–Crippen LogP) is 5.16. The topological polar surface area (TPSA) is 126 Å². The molecule has 2 amide bonds. The molecule has 0 bridgehead atoms. The standard InChI is InChI=1S/C28H30Cl2N4O5S/c1-18(2)14-26(34-40(37,38)23-11-4-19(3)5-12-23)28(36)33-31-16-20-6-9-22(10-7-20)39-17-27(35)32-21-8-13-24(29)25(30)15-21/h4-13,15-16,18,26,34H,14,17H2,1-3H3,(H,32,35)(H,33,36)/b31-16-/t26-/m1/s1. The predicted molar refractivity (Wildman–Crippen MR) is 158 cm³/mol. The monoisotopic (exact) mass is 604 g/mol. The number of hydrazone groups is 1. The third kappa shape index (κ3) is 9.63. The zero-order chi connectivity index (χ0) is 29.3. The molecule has 0 fully saturated rings. The lowest BCUT2D eigenvalue weighted by atomic mass is 10.0. The highest BCUT2D eigenvalue weighted by Gasteiger charge is 2.26. The lowest BCUT2D eigenvalue weighted by molar-refractivity contribution is -0.123. The number of halogens is 2. The molecule has 0 aliphatic rings. The van der Waals surface area contributed by atoms with Crippen LogP contribution in [0.5, 0.6) is 5.75 Å². The van der Waals surface area contributed by atoms with Crippen molar-refractivity contribution in [2.24, 2.45) is 11.0 Å². The number of anilines is 1. The second-order valence-electron chi connectivity index (χ2n) is 9.39. The second kappa shape index (κ2) is 14.3. The van der Waals surface area contributed by atoms with Gasteiger partial charge in [-0.05, 0) is 79.4 Å². The van der Waals surface area contributed by atoms with Gasteiger partial charge in [-0.2, -0.15) is 9.82 Å². The van der Waals surface area contributed by atoms with Gasteiger partial charge < -0.3 is 10.1 Å². The first kappa shape index (κ1) is 31.1. The first-order valence-corrected chi connectivity index (χ1v) is 14.6. The third-order valence-corrected chi connectivity index (χ3v) is 7.72. The number of carbonyl (C=O) groups is 2. The van der Waals surface area contributed by atoms with E-state index in [9.17, 15) is 18.0 Å². The normalized spacial score (nSPS) is 12.3. The van der Waals surface area contributed by atoms with E-state index in [0.717, 1.165) is 5.56 Å². The number of hydrogen-bond acceptors (Lipinski definition) is 6. The van der Waals surface area contributed by atoms with Crippen LogP contribution in [-0.4, -0.2) is 39.1 Å². The molecule has 0 unspecified atom stereocenters. The van der Waals surface area contributed by atoms with Crippen LogP contribution in [0.1, 0.15) is 31.4 Å². The van der Waals surface area contributed by atoms with E-state index in [2.05, 4.69) is 20.6 Å². The smallest absolute Gasteiger partial charge is 0.262 e. The quantitative estimate of drug-likeness (QED) is 0.194. The van der Waals surface area contributed by atoms with E-state index < -0.39 is 22.0 Å². The number of nitrogens with one attached hydrogen (secondary N) is 3. The zero-order valence-electron chi connectivity index (χ0n) is 22.1. The fraction of sp³-hybridized carbons (Fsp3) is 0.250. The van der Waals surface area contributed by atoms with Crippen molar-refractivity contribution in [2.75, 3.05) is 11.9 Å². The molecule has 0 aliphatic heterocycles. The summed E-state index contributed by atoms with van der Waals surface area (Å²) in [5.41, 5.74) is 4.47. The highest BCUT2D eigenvalue weighted by Crippen LogP contribution is 2.25. The molecular formula is C28H30Cl2N4O5S. The van der Waals surface area contributed by atoms with E-state index >= 15 is 0 Å². The molecule has 9 nitrogen and oxygen atoms in total. The molecule has 3 aromatic carbocycles. The van der Waals surface area contributed by atoms with E-state index in [4.69, 9.17) is 27.9 Å². The van der Waals surface area contributed by atoms with Crippen LogP contribution in [0.4, 0.5) is 5.69 Å². The number of nitrogens with zero attached hydrogens (tertiary/aromatic N) is 1. The molecule has 0 saturated carbocycles. The summed E-state index contributed by atoms with van der Waals surface area (Å²) < 4.78 is 33.6. The highest BCUT2D eigenvalue weighted by molar-refractivity contribution is 7.89. The van der Waals surface area contributed by atoms with Gasteiger partial charge in [-0.25, -0.2) is 13.8 Å². The fourth-order valence-electron chi connectivity index (χ4n) is 3.47. The van der Waals surface area contributed by atoms with Crippen LogP contribution in [0.15, 0.2) is 76.7 Å². The summed E-state index contributed by atoms with van der Waals surface area (Å²) in [6.45, 7) is 5.42. The van der Waals surface area contributed by atoms with Crippen molar-refractivity contribution in [3.63, 3.8) is 0 Å². The van der Waals surface area contributed by atoms with Crippen LogP contribution in [0.3, 0.4) is 0 Å². The average molecular weight is 606 g/mol. The van der Waals surface area contributed by atoms with Crippen LogP contribution in [-0.2, 0) is 19.6 Å². The van der Waals surface area contributed by atoms with Gasteiger partial charge in [0.2, 0.25) is 10.0 Å². The lowest BCUT2D eigenvalue weighted by Gasteiger charge is -2.19. The van der Waals surface area contributed by atoms with Crippen molar-refractivity contribution in [1.29, 1.82) is 0 Å². The zero-order valence-corrected chi connectivity index (χ0v) is 24.5. The van der Waals surface area contributed by atoms with E-state index in [1.807, 2.05) is 20.8 Å². The van der Waals surface area contributed by atoms with Crippen molar-refractivity contribution in [3.05, 3.63) is 87.9 Å². The molecule has 3 rings (SSSR count). The summed E-state index contributed by atoms with van der Waals surface area (Å²) in [4.78, 5) is 25.0. The van der Waals surface area contributed by atoms with Gasteiger partial charge in [0.25, 0.3) is 11.8 Å². The first-order chi connectivity index (χ1) is 18.9. The molecule has 40 heavy (non-hydrogen) atoms. The minimum Gasteiger partial charge on any atom is -0.484 e. The van der Waals surface area contributed by atoms with Crippen LogP contribution in [0.2, 0.25) is 10.0 Å². The molecule has 0 aliphatic carbocycles. The molecule has 3 N–H and O–H groups in total. The maximum absolute atomic E-state index is 12.8. The third-order valence-electron chi connectivity index (χ3n) is 5.49. The summed E-state index contributed by atoms with van der Waals surface area (Å²) in [7, 11) is -3.90. The molecular weight excluding hydrogens is 575 g/mol. The number of aryl methyl sites for hydroxylation is 1. The lowest BCUT2D eigenvalue weighted by Crippen LogP contribution is -2.46. The van der Waals surface area contributed by atoms with Crippen molar-refractivity contribution >= 4 is 56.9 Å². The minimum atomic E-state index is -3.90. The maximum Gasteiger partial charge on any atom is 0.262 e. The van der Waals surface area contributed by atoms with Crippen LogP contribution in [0.25, 0.3) is 0 Å². The molecule has 0 aromatic heterocycles. The number of amides is 2. The van der Waals surface area contributed by atoms with Gasteiger partial charge in [0, 0.05) is 5.69 Å². The minimum absolute atomic E-state index is 0.0547. The Bertz CT molecular complexity index is 1460. The summed E-state index contributed by atoms with van der Waals surface area (Å²) in [6.07, 6.45) is 1.71. The summed E-state index contributed by atoms with van der Waals surface area (Å²) in [5.74, 6) is -0.443. The molecule has 12 heteroatoms. The Morgan fingerprint density at radius 2 is 1.65 bits per heavy atom. The highest BCUT2D eigenvalue weighted by atomic mass is 35.5. The van der Waals surface area contributed by atoms with E-state index in [0.29, 0.717) is 27.0 Å². The van der Waals surface area contributed by atoms with Gasteiger partial charge in [0.1, 0.15) is 11.8 Å². The molecule has 1 atom stereocenters. The summed E-state index contributed by atoms with van der Waals surface area (Å²) in [6, 6.07) is 16.8. The second-order valence-corrected chi connectivity index (χ2v) is 11.9. The van der Waals surface area contributed by atoms with Gasteiger partial charge >= 0.3 is 0 Å². The van der Waals surface area contributed by atoms with Crippen LogP contribution >= 0.6 is 23.2 Å². The molecule has 0 saturated heterocycles. The number of carbonyl (C=O) groups excluding carboxylic acids is 2.